The van der Waals surface area contributed by atoms with Crippen molar-refractivity contribution in [2.75, 3.05) is 0 Å². The van der Waals surface area contributed by atoms with E-state index in [2.05, 4.69) is 0 Å². The van der Waals surface area contributed by atoms with Gasteiger partial charge in [0, 0.05) is 0 Å². The van der Waals surface area contributed by atoms with Crippen LogP contribution in [0.15, 0.2) is 29.2 Å². The fourth-order valence-corrected chi connectivity index (χ4v) is 1.71. The van der Waals surface area contributed by atoms with Crippen LogP contribution in [-0.2, 0) is 9.73 Å². The first kappa shape index (κ1) is 11.6. The van der Waals surface area contributed by atoms with Gasteiger partial charge in [0.05, 0.1) is 10.5 Å². The maximum absolute atomic E-state index is 12.2. The summed E-state index contributed by atoms with van der Waals surface area (Å²) in [5.74, 6) is -4.65. The topological polar surface area (TPSA) is 78.2 Å². The molecule has 4 nitrogen and oxygen atoms in total. The fourth-order valence-electron chi connectivity index (χ4n) is 0.921. The highest BCUT2D eigenvalue weighted by Gasteiger charge is 2.22. The van der Waals surface area contributed by atoms with Crippen molar-refractivity contribution in [3.63, 3.8) is 0 Å². The van der Waals surface area contributed by atoms with E-state index in [0.717, 1.165) is 12.1 Å². The number of hydrogen-bond donors (Lipinski definition) is 2. The molecule has 0 radical (unpaired) electrons. The molecule has 1 rings (SSSR count). The number of carbonyl (C=O) groups is 1. The fraction of sp³-hybridized carbons (Fsp3) is 0.125. The number of rotatable bonds is 3. The minimum atomic E-state index is -4.23. The average molecular weight is 235 g/mol. The van der Waals surface area contributed by atoms with E-state index in [4.69, 9.17) is 9.89 Å². The molecule has 0 spiro atoms. The van der Waals surface area contributed by atoms with Crippen molar-refractivity contribution in [1.29, 1.82) is 4.78 Å². The lowest BCUT2D eigenvalue weighted by Crippen LogP contribution is -2.10. The summed E-state index contributed by atoms with van der Waals surface area (Å²) >= 11 is 0. The van der Waals surface area contributed by atoms with E-state index in [1.807, 2.05) is 0 Å². The van der Waals surface area contributed by atoms with Crippen LogP contribution in [0.5, 0.6) is 0 Å². The van der Waals surface area contributed by atoms with E-state index in [0.29, 0.717) is 0 Å². The molecule has 7 heteroatoms. The number of carboxylic acid groups (broad SMARTS) is 1. The van der Waals surface area contributed by atoms with Gasteiger partial charge in [-0.15, -0.1) is 0 Å². The predicted octanol–water partition coefficient (Wildman–Crippen LogP) is 2.01. The lowest BCUT2D eigenvalue weighted by atomic mass is 10.2. The maximum Gasteiger partial charge on any atom is 0.335 e. The van der Waals surface area contributed by atoms with Gasteiger partial charge in [0.25, 0.3) is 0 Å². The Bertz CT molecular complexity index is 484. The highest BCUT2D eigenvalue weighted by molar-refractivity contribution is 7.92. The Morgan fingerprint density at radius 2 is 2.07 bits per heavy atom. The van der Waals surface area contributed by atoms with Gasteiger partial charge in [0.2, 0.25) is 0 Å². The van der Waals surface area contributed by atoms with Crippen LogP contribution >= 0.6 is 0 Å². The van der Waals surface area contributed by atoms with Crippen molar-refractivity contribution in [3.8, 4) is 0 Å². The molecule has 0 aliphatic carbocycles. The zero-order valence-corrected chi connectivity index (χ0v) is 8.13. The number of halogens is 2. The number of alkyl halides is 2. The third-order valence-electron chi connectivity index (χ3n) is 1.68. The van der Waals surface area contributed by atoms with Crippen LogP contribution in [0.3, 0.4) is 0 Å². The smallest absolute Gasteiger partial charge is 0.335 e. The van der Waals surface area contributed by atoms with Gasteiger partial charge >= 0.3 is 11.7 Å². The minimum Gasteiger partial charge on any atom is -0.478 e. The van der Waals surface area contributed by atoms with Crippen molar-refractivity contribution >= 4 is 15.7 Å². The van der Waals surface area contributed by atoms with Crippen molar-refractivity contribution in [2.24, 2.45) is 0 Å². The standard InChI is InChI=1S/C8H7F2NO3S/c9-8(10)15(11,14)6-3-1-2-5(4-6)7(12)13/h1-4,8,11H,(H,12,13)/t15-/m0/s1. The number of aromatic carboxylic acids is 1. The van der Waals surface area contributed by atoms with Gasteiger partial charge < -0.3 is 5.11 Å². The van der Waals surface area contributed by atoms with Gasteiger partial charge in [-0.1, -0.05) is 6.07 Å². The van der Waals surface area contributed by atoms with Gasteiger partial charge in [0.15, 0.2) is 0 Å². The highest BCUT2D eigenvalue weighted by Crippen LogP contribution is 2.19. The average Bonchev–Trinajstić information content (AvgIpc) is 2.17. The molecule has 0 saturated carbocycles. The third-order valence-corrected chi connectivity index (χ3v) is 3.14. The Morgan fingerprint density at radius 3 is 2.53 bits per heavy atom. The lowest BCUT2D eigenvalue weighted by molar-refractivity contribution is 0.0696. The van der Waals surface area contributed by atoms with E-state index in [9.17, 15) is 17.8 Å². The second-order valence-corrected chi connectivity index (χ2v) is 4.72. The number of hydrogen-bond acceptors (Lipinski definition) is 3. The molecule has 1 aromatic rings. The zero-order chi connectivity index (χ0) is 11.6. The molecule has 1 aromatic carbocycles. The van der Waals surface area contributed by atoms with Crippen molar-refractivity contribution in [2.45, 2.75) is 10.7 Å². The molecule has 0 saturated heterocycles. The normalized spacial score (nSPS) is 14.9. The molecular formula is C8H7F2NO3S. The van der Waals surface area contributed by atoms with E-state index in [1.165, 1.54) is 12.1 Å². The van der Waals surface area contributed by atoms with Gasteiger partial charge in [-0.3, -0.25) is 0 Å². The van der Waals surface area contributed by atoms with Crippen LogP contribution in [0, 0.1) is 4.78 Å². The largest absolute Gasteiger partial charge is 0.478 e. The predicted molar refractivity (Wildman–Crippen MR) is 48.5 cm³/mol. The van der Waals surface area contributed by atoms with Gasteiger partial charge in [0.1, 0.15) is 9.73 Å². The van der Waals surface area contributed by atoms with E-state index in [1.54, 1.807) is 0 Å². The Morgan fingerprint density at radius 1 is 1.47 bits per heavy atom. The molecule has 0 aromatic heterocycles. The third kappa shape index (κ3) is 2.30. The Labute approximate surface area is 84.5 Å². The molecule has 0 aliphatic rings. The van der Waals surface area contributed by atoms with Crippen molar-refractivity contribution in [3.05, 3.63) is 29.8 Å². The zero-order valence-electron chi connectivity index (χ0n) is 7.31. The second kappa shape index (κ2) is 3.93. The summed E-state index contributed by atoms with van der Waals surface area (Å²) in [4.78, 5) is 10.0. The first-order chi connectivity index (χ1) is 6.85. The molecule has 0 aliphatic heterocycles. The molecule has 0 unspecified atom stereocenters. The summed E-state index contributed by atoms with van der Waals surface area (Å²) in [7, 11) is -4.23. The molecule has 0 bridgehead atoms. The van der Waals surface area contributed by atoms with Crippen LogP contribution in [0.2, 0.25) is 0 Å². The monoisotopic (exact) mass is 235 g/mol. The number of benzene rings is 1. The van der Waals surface area contributed by atoms with Crippen LogP contribution in [-0.4, -0.2) is 21.0 Å². The Hall–Kier alpha value is -1.50. The first-order valence-electron chi connectivity index (χ1n) is 3.75. The number of nitrogens with one attached hydrogen (secondary N) is 1. The molecule has 82 valence electrons. The first-order valence-corrected chi connectivity index (χ1v) is 5.37. The molecule has 0 amide bonds. The van der Waals surface area contributed by atoms with Crippen molar-refractivity contribution in [1.82, 2.24) is 0 Å². The second-order valence-electron chi connectivity index (χ2n) is 2.69. The van der Waals surface area contributed by atoms with Crippen LogP contribution in [0.4, 0.5) is 8.78 Å². The van der Waals surface area contributed by atoms with Gasteiger partial charge in [-0.05, 0) is 18.2 Å². The molecule has 0 fully saturated rings. The summed E-state index contributed by atoms with van der Waals surface area (Å²) in [6.45, 7) is 0. The van der Waals surface area contributed by atoms with E-state index >= 15 is 0 Å². The van der Waals surface area contributed by atoms with E-state index < -0.39 is 26.4 Å². The van der Waals surface area contributed by atoms with Crippen molar-refractivity contribution < 1.29 is 22.9 Å². The summed E-state index contributed by atoms with van der Waals surface area (Å²) in [6, 6.07) is 4.22. The van der Waals surface area contributed by atoms with Crippen LogP contribution < -0.4 is 0 Å². The Balaban J connectivity index is 3.29. The quantitative estimate of drug-likeness (QED) is 0.841. The minimum absolute atomic E-state index is 0.270. The molecule has 15 heavy (non-hydrogen) atoms. The molecule has 2 N–H and O–H groups in total. The summed E-state index contributed by atoms with van der Waals surface area (Å²) < 4.78 is 42.6. The van der Waals surface area contributed by atoms with E-state index in [-0.39, 0.29) is 5.56 Å². The van der Waals surface area contributed by atoms with Crippen LogP contribution in [0.1, 0.15) is 10.4 Å². The summed E-state index contributed by atoms with van der Waals surface area (Å²) in [5, 5.41) is 8.57. The molecular weight excluding hydrogens is 228 g/mol. The molecule has 0 heterocycles. The van der Waals surface area contributed by atoms with Gasteiger partial charge in [-0.25, -0.2) is 13.8 Å². The Kier molecular flexibility index (Phi) is 3.04. The SMILES string of the molecule is N=[S@](=O)(c1cccc(C(=O)O)c1)C(F)F. The highest BCUT2D eigenvalue weighted by atomic mass is 32.2. The lowest BCUT2D eigenvalue weighted by Gasteiger charge is -2.06. The van der Waals surface area contributed by atoms with Gasteiger partial charge in [-0.2, -0.15) is 8.78 Å². The summed E-state index contributed by atoms with van der Waals surface area (Å²) in [6.07, 6.45) is 0. The number of carboxylic acids is 1. The molecule has 1 atom stereocenters. The summed E-state index contributed by atoms with van der Waals surface area (Å²) in [5.41, 5.74) is -0.270. The maximum atomic E-state index is 12.2. The van der Waals surface area contributed by atoms with Crippen LogP contribution in [0.25, 0.3) is 0 Å².